The number of rotatable bonds is 6. The van der Waals surface area contributed by atoms with Gasteiger partial charge in [-0.2, -0.15) is 0 Å². The molecule has 0 N–H and O–H groups in total. The van der Waals surface area contributed by atoms with E-state index < -0.39 is 5.41 Å². The van der Waals surface area contributed by atoms with Gasteiger partial charge in [0.15, 0.2) is 0 Å². The molecule has 0 aliphatic heterocycles. The Balaban J connectivity index is 1.12. The summed E-state index contributed by atoms with van der Waals surface area (Å²) in [5.41, 5.74) is 12.3. The molecule has 0 saturated heterocycles. The zero-order valence-electron chi connectivity index (χ0n) is 31.1. The van der Waals surface area contributed by atoms with E-state index in [1.54, 1.807) is 0 Å². The largest absolute Gasteiger partial charge is 0.456 e. The van der Waals surface area contributed by atoms with Gasteiger partial charge in [-0.3, -0.25) is 0 Å². The topological polar surface area (TPSA) is 16.4 Å². The Hall–Kier alpha value is -6.90. The fraction of sp³-hybridized carbons (Fsp3) is 0.0741. The third kappa shape index (κ3) is 4.75. The van der Waals surface area contributed by atoms with Gasteiger partial charge in [-0.05, 0) is 87.3 Å². The van der Waals surface area contributed by atoms with Crippen LogP contribution in [0.3, 0.4) is 0 Å². The maximum atomic E-state index is 6.15. The van der Waals surface area contributed by atoms with E-state index in [-0.39, 0.29) is 11.3 Å². The van der Waals surface area contributed by atoms with E-state index in [9.17, 15) is 0 Å². The summed E-state index contributed by atoms with van der Waals surface area (Å²) in [6.45, 7) is 2.43. The molecule has 0 saturated carbocycles. The first kappa shape index (κ1) is 32.5. The number of hydrogen-bond acceptors (Lipinski definition) is 2. The van der Waals surface area contributed by atoms with Crippen LogP contribution in [0.1, 0.15) is 29.2 Å². The summed E-state index contributed by atoms with van der Waals surface area (Å²) in [4.78, 5) is 2.45. The van der Waals surface area contributed by atoms with Crippen LogP contribution < -0.4 is 4.90 Å². The first-order valence-corrected chi connectivity index (χ1v) is 19.5. The minimum atomic E-state index is -0.409. The first-order valence-electron chi connectivity index (χ1n) is 19.5. The summed E-state index contributed by atoms with van der Waals surface area (Å²) >= 11 is 0. The minimum absolute atomic E-state index is 0.185. The lowest BCUT2D eigenvalue weighted by Crippen LogP contribution is -2.40. The molecule has 8 aromatic carbocycles. The van der Waals surface area contributed by atoms with Crippen LogP contribution >= 0.6 is 0 Å². The number of hydrogen-bond donors (Lipinski definition) is 0. The van der Waals surface area contributed by atoms with Crippen LogP contribution in [0.4, 0.5) is 17.1 Å². The number of para-hydroxylation sites is 1. The molecule has 1 heterocycles. The van der Waals surface area contributed by atoms with Crippen LogP contribution in [-0.4, -0.2) is 0 Å². The highest BCUT2D eigenvalue weighted by Crippen LogP contribution is 2.63. The quantitative estimate of drug-likeness (QED) is 0.170. The van der Waals surface area contributed by atoms with Gasteiger partial charge in [-0.1, -0.05) is 171 Å². The number of nitrogens with zero attached hydrogens (tertiary/aromatic N) is 1. The van der Waals surface area contributed by atoms with Crippen molar-refractivity contribution in [3.63, 3.8) is 0 Å². The number of fused-ring (bicyclic) bond motifs is 7. The van der Waals surface area contributed by atoms with Crippen molar-refractivity contribution in [2.75, 3.05) is 4.90 Å². The van der Waals surface area contributed by atoms with Gasteiger partial charge in [0.1, 0.15) is 11.2 Å². The van der Waals surface area contributed by atoms with E-state index in [4.69, 9.17) is 4.42 Å². The van der Waals surface area contributed by atoms with Gasteiger partial charge in [0.2, 0.25) is 0 Å². The van der Waals surface area contributed by atoms with Crippen molar-refractivity contribution in [2.45, 2.75) is 17.8 Å². The van der Waals surface area contributed by atoms with Crippen LogP contribution in [0.15, 0.2) is 217 Å². The van der Waals surface area contributed by atoms with Crippen LogP contribution in [0, 0.1) is 5.92 Å². The Kier molecular flexibility index (Phi) is 7.31. The fourth-order valence-corrected chi connectivity index (χ4v) is 10.00. The van der Waals surface area contributed by atoms with E-state index >= 15 is 0 Å². The molecule has 11 rings (SSSR count). The monoisotopic (exact) mass is 717 g/mol. The van der Waals surface area contributed by atoms with Crippen LogP contribution in [0.5, 0.6) is 0 Å². The normalized spacial score (nSPS) is 18.0. The summed E-state index contributed by atoms with van der Waals surface area (Å²) in [6.07, 6.45) is 9.35. The Morgan fingerprint density at radius 3 is 1.91 bits per heavy atom. The molecule has 9 aromatic rings. The molecule has 2 heteroatoms. The summed E-state index contributed by atoms with van der Waals surface area (Å²) in [5.74, 6) is 0.185. The maximum Gasteiger partial charge on any atom is 0.135 e. The molecule has 0 radical (unpaired) electrons. The van der Waals surface area contributed by atoms with Gasteiger partial charge in [-0.15, -0.1) is 0 Å². The van der Waals surface area contributed by atoms with E-state index in [0.29, 0.717) is 0 Å². The molecule has 2 aliphatic carbocycles. The van der Waals surface area contributed by atoms with Crippen molar-refractivity contribution in [3.8, 4) is 11.1 Å². The highest BCUT2D eigenvalue weighted by Gasteiger charge is 2.58. The predicted molar refractivity (Wildman–Crippen MR) is 233 cm³/mol. The van der Waals surface area contributed by atoms with Crippen LogP contribution in [-0.2, 0) is 10.8 Å². The lowest BCUT2D eigenvalue weighted by atomic mass is 9.60. The number of allylic oxidation sites excluding steroid dienone is 4. The number of furan rings is 1. The highest BCUT2D eigenvalue weighted by atomic mass is 16.3. The molecule has 56 heavy (non-hydrogen) atoms. The van der Waals surface area contributed by atoms with Crippen molar-refractivity contribution in [1.82, 2.24) is 0 Å². The Bertz CT molecular complexity index is 2950. The maximum absolute atomic E-state index is 6.15. The highest BCUT2D eigenvalue weighted by molar-refractivity contribution is 6.06. The molecule has 2 atom stereocenters. The summed E-state index contributed by atoms with van der Waals surface area (Å²) in [5, 5.41) is 4.70. The summed E-state index contributed by atoms with van der Waals surface area (Å²) in [6, 6.07) is 68.8. The smallest absolute Gasteiger partial charge is 0.135 e. The minimum Gasteiger partial charge on any atom is -0.456 e. The van der Waals surface area contributed by atoms with Gasteiger partial charge in [0, 0.05) is 38.9 Å². The molecule has 2 aliphatic rings. The van der Waals surface area contributed by atoms with Crippen molar-refractivity contribution in [3.05, 3.63) is 235 Å². The average Bonchev–Trinajstić information content (AvgIpc) is 3.75. The fourth-order valence-electron chi connectivity index (χ4n) is 10.00. The third-order valence-electron chi connectivity index (χ3n) is 12.5. The Morgan fingerprint density at radius 2 is 1.12 bits per heavy atom. The van der Waals surface area contributed by atoms with E-state index in [1.165, 1.54) is 33.0 Å². The summed E-state index contributed by atoms with van der Waals surface area (Å²) < 4.78 is 6.15. The zero-order valence-corrected chi connectivity index (χ0v) is 31.1. The molecule has 266 valence electrons. The second-order valence-corrected chi connectivity index (χ2v) is 15.5. The second kappa shape index (κ2) is 12.6. The molecule has 1 unspecified atom stereocenters. The van der Waals surface area contributed by atoms with E-state index in [1.807, 2.05) is 12.1 Å². The lowest BCUT2D eigenvalue weighted by Gasteiger charge is -2.42. The molecule has 0 bridgehead atoms. The van der Waals surface area contributed by atoms with Crippen molar-refractivity contribution >= 4 is 49.8 Å². The molecular formula is C54H39NO. The molecule has 2 nitrogen and oxygen atoms in total. The Labute approximate surface area is 327 Å². The number of benzene rings is 8. The van der Waals surface area contributed by atoms with Gasteiger partial charge in [0.25, 0.3) is 0 Å². The van der Waals surface area contributed by atoms with Gasteiger partial charge in [-0.25, -0.2) is 0 Å². The predicted octanol–water partition coefficient (Wildman–Crippen LogP) is 14.2. The molecule has 0 amide bonds. The molecule has 0 fully saturated rings. The average molecular weight is 718 g/mol. The first-order chi connectivity index (χ1) is 27.6. The molecular weight excluding hydrogens is 679 g/mol. The van der Waals surface area contributed by atoms with Crippen molar-refractivity contribution in [1.29, 1.82) is 0 Å². The third-order valence-corrected chi connectivity index (χ3v) is 12.5. The Morgan fingerprint density at radius 1 is 0.482 bits per heavy atom. The summed E-state index contributed by atoms with van der Waals surface area (Å²) in [7, 11) is 0. The second-order valence-electron chi connectivity index (χ2n) is 15.5. The van der Waals surface area contributed by atoms with Crippen LogP contribution in [0.25, 0.3) is 43.8 Å². The molecule has 1 aromatic heterocycles. The van der Waals surface area contributed by atoms with E-state index in [0.717, 1.165) is 50.1 Å². The van der Waals surface area contributed by atoms with Gasteiger partial charge >= 0.3 is 0 Å². The molecule has 0 spiro atoms. The lowest BCUT2D eigenvalue weighted by molar-refractivity contribution is 0.366. The number of anilines is 3. The SMILES string of the molecule is C[C@@]12C=CC=CC1C(c1ccccc1)(c1ccccc1)c1cc(N(c3ccc(-c4ccc5oc6ccccc6c5c4)cc3)c3cccc4ccccc34)ccc12. The van der Waals surface area contributed by atoms with Crippen LogP contribution in [0.2, 0.25) is 0 Å². The zero-order chi connectivity index (χ0) is 37.3. The van der Waals surface area contributed by atoms with Gasteiger partial charge < -0.3 is 9.32 Å². The van der Waals surface area contributed by atoms with Gasteiger partial charge in [0.05, 0.1) is 11.1 Å². The standard InChI is InChI=1S/C54H39NO/c1-53-34-13-12-25-52(53)54(40-17-4-2-5-18-40,41-19-6-3-7-20-41)48-36-43(31-32-47(48)53)55(49-23-14-16-38-15-8-9-21-44(38)49)42-29-26-37(27-30-42)39-28-33-51-46(35-39)45-22-10-11-24-50(45)56-51/h2-36,52H,1H3/t52?,53-/m0/s1. The van der Waals surface area contributed by atoms with E-state index in [2.05, 4.69) is 212 Å². The van der Waals surface area contributed by atoms with Crippen molar-refractivity contribution < 1.29 is 4.42 Å². The van der Waals surface area contributed by atoms with Crippen molar-refractivity contribution in [2.24, 2.45) is 5.92 Å².